The van der Waals surface area contributed by atoms with E-state index < -0.39 is 0 Å². The van der Waals surface area contributed by atoms with Crippen LogP contribution in [0, 0.1) is 0 Å². The zero-order valence-electron chi connectivity index (χ0n) is 9.96. The van der Waals surface area contributed by atoms with E-state index in [4.69, 9.17) is 10.5 Å². The van der Waals surface area contributed by atoms with Crippen LogP contribution in [-0.2, 0) is 11.8 Å². The highest BCUT2D eigenvalue weighted by Gasteiger charge is 2.05. The molecule has 0 unspecified atom stereocenters. The molecule has 0 saturated heterocycles. The van der Waals surface area contributed by atoms with Crippen LogP contribution in [0.4, 0.5) is 11.4 Å². The number of hydrogen-bond acceptors (Lipinski definition) is 4. The maximum atomic E-state index is 11.6. The Bertz CT molecular complexity index is 551. The molecule has 0 saturated carbocycles. The van der Waals surface area contributed by atoms with Crippen molar-refractivity contribution in [2.45, 2.75) is 0 Å². The molecule has 0 spiro atoms. The summed E-state index contributed by atoms with van der Waals surface area (Å²) >= 11 is 0. The number of ether oxygens (including phenoxy) is 1. The van der Waals surface area contributed by atoms with E-state index in [1.54, 1.807) is 48.4 Å². The van der Waals surface area contributed by atoms with Crippen molar-refractivity contribution in [2.75, 3.05) is 17.7 Å². The van der Waals surface area contributed by atoms with E-state index in [0.717, 1.165) is 0 Å². The first kappa shape index (κ1) is 12.0. The van der Waals surface area contributed by atoms with E-state index in [1.165, 1.54) is 0 Å². The molecule has 0 bridgehead atoms. The summed E-state index contributed by atoms with van der Waals surface area (Å²) in [5.74, 6) is 0.321. The summed E-state index contributed by atoms with van der Waals surface area (Å²) in [7, 11) is 1.78. The fraction of sp³-hybridized carbons (Fsp3) is 0.167. The van der Waals surface area contributed by atoms with Gasteiger partial charge in [0.25, 0.3) is 5.91 Å². The third-order valence-corrected chi connectivity index (χ3v) is 2.22. The van der Waals surface area contributed by atoms with Gasteiger partial charge in [-0.05, 0) is 12.1 Å². The minimum Gasteiger partial charge on any atom is -0.484 e. The number of nitrogens with zero attached hydrogens (tertiary/aromatic N) is 2. The SMILES string of the molecule is Cn1cc(NC(=O)COc2cccc(N)c2)cn1. The molecule has 1 aromatic carbocycles. The van der Waals surface area contributed by atoms with Gasteiger partial charge in [-0.2, -0.15) is 5.10 Å². The van der Waals surface area contributed by atoms with Gasteiger partial charge in [-0.25, -0.2) is 0 Å². The predicted octanol–water partition coefficient (Wildman–Crippen LogP) is 1.02. The number of benzene rings is 1. The minimum absolute atomic E-state index is 0.0711. The fourth-order valence-electron chi connectivity index (χ4n) is 1.44. The lowest BCUT2D eigenvalue weighted by molar-refractivity contribution is -0.118. The van der Waals surface area contributed by atoms with Crippen molar-refractivity contribution in [2.24, 2.45) is 7.05 Å². The largest absolute Gasteiger partial charge is 0.484 e. The highest BCUT2D eigenvalue weighted by molar-refractivity contribution is 5.91. The summed E-state index contributed by atoms with van der Waals surface area (Å²) in [6.45, 7) is -0.0711. The van der Waals surface area contributed by atoms with Crippen molar-refractivity contribution < 1.29 is 9.53 Å². The third kappa shape index (κ3) is 3.24. The van der Waals surface area contributed by atoms with Crippen molar-refractivity contribution in [1.82, 2.24) is 9.78 Å². The van der Waals surface area contributed by atoms with Gasteiger partial charge in [-0.3, -0.25) is 9.48 Å². The van der Waals surface area contributed by atoms with Gasteiger partial charge in [0.1, 0.15) is 5.75 Å². The van der Waals surface area contributed by atoms with Crippen LogP contribution in [0.1, 0.15) is 0 Å². The molecule has 3 N–H and O–H groups in total. The molecule has 0 aliphatic carbocycles. The lowest BCUT2D eigenvalue weighted by atomic mass is 10.3. The molecular formula is C12H14N4O2. The molecule has 18 heavy (non-hydrogen) atoms. The molecule has 0 radical (unpaired) electrons. The second kappa shape index (κ2) is 5.22. The van der Waals surface area contributed by atoms with E-state index in [9.17, 15) is 4.79 Å². The second-order valence-corrected chi connectivity index (χ2v) is 3.81. The molecule has 2 aromatic rings. The number of nitrogen functional groups attached to an aromatic ring is 1. The monoisotopic (exact) mass is 246 g/mol. The Kier molecular flexibility index (Phi) is 3.47. The Hall–Kier alpha value is -2.50. The van der Waals surface area contributed by atoms with Crippen molar-refractivity contribution >= 4 is 17.3 Å². The fourth-order valence-corrected chi connectivity index (χ4v) is 1.44. The van der Waals surface area contributed by atoms with Crippen LogP contribution in [0.3, 0.4) is 0 Å². The van der Waals surface area contributed by atoms with Crippen LogP contribution < -0.4 is 15.8 Å². The number of nitrogens with one attached hydrogen (secondary N) is 1. The highest BCUT2D eigenvalue weighted by atomic mass is 16.5. The van der Waals surface area contributed by atoms with Crippen LogP contribution in [0.2, 0.25) is 0 Å². The number of amides is 1. The molecule has 6 nitrogen and oxygen atoms in total. The molecule has 1 aromatic heterocycles. The van der Waals surface area contributed by atoms with E-state index >= 15 is 0 Å². The smallest absolute Gasteiger partial charge is 0.262 e. The molecule has 0 aliphatic heterocycles. The van der Waals surface area contributed by atoms with Crippen molar-refractivity contribution in [1.29, 1.82) is 0 Å². The van der Waals surface area contributed by atoms with E-state index in [0.29, 0.717) is 17.1 Å². The molecular weight excluding hydrogens is 232 g/mol. The number of aryl methyl sites for hydroxylation is 1. The molecule has 1 heterocycles. The maximum Gasteiger partial charge on any atom is 0.262 e. The van der Waals surface area contributed by atoms with Gasteiger partial charge >= 0.3 is 0 Å². The van der Waals surface area contributed by atoms with Crippen molar-refractivity contribution in [3.8, 4) is 5.75 Å². The molecule has 0 aliphatic rings. The third-order valence-electron chi connectivity index (χ3n) is 2.22. The Balaban J connectivity index is 1.85. The average molecular weight is 246 g/mol. The quantitative estimate of drug-likeness (QED) is 0.789. The normalized spacial score (nSPS) is 10.1. The minimum atomic E-state index is -0.245. The zero-order valence-corrected chi connectivity index (χ0v) is 9.96. The number of carbonyl (C=O) groups excluding carboxylic acids is 1. The van der Waals surface area contributed by atoms with Crippen molar-refractivity contribution in [3.05, 3.63) is 36.7 Å². The Labute approximate surface area is 104 Å². The van der Waals surface area contributed by atoms with Crippen LogP contribution in [0.15, 0.2) is 36.7 Å². The van der Waals surface area contributed by atoms with Crippen LogP contribution >= 0.6 is 0 Å². The van der Waals surface area contributed by atoms with Gasteiger partial charge < -0.3 is 15.8 Å². The number of carbonyl (C=O) groups is 1. The van der Waals surface area contributed by atoms with Crippen molar-refractivity contribution in [3.63, 3.8) is 0 Å². The van der Waals surface area contributed by atoms with Crippen LogP contribution in [0.25, 0.3) is 0 Å². The summed E-state index contributed by atoms with van der Waals surface area (Å²) in [6.07, 6.45) is 3.27. The first-order valence-corrected chi connectivity index (χ1v) is 5.40. The van der Waals surface area contributed by atoms with Gasteiger partial charge in [0.05, 0.1) is 11.9 Å². The van der Waals surface area contributed by atoms with E-state index in [1.807, 2.05) is 0 Å². The van der Waals surface area contributed by atoms with Crippen LogP contribution in [-0.4, -0.2) is 22.3 Å². The number of anilines is 2. The van der Waals surface area contributed by atoms with E-state index in [-0.39, 0.29) is 12.5 Å². The van der Waals surface area contributed by atoms with Gasteiger partial charge in [-0.1, -0.05) is 6.07 Å². The van der Waals surface area contributed by atoms with E-state index in [2.05, 4.69) is 10.4 Å². The molecule has 1 amide bonds. The Morgan fingerprint density at radius 3 is 3.06 bits per heavy atom. The maximum absolute atomic E-state index is 11.6. The lowest BCUT2D eigenvalue weighted by Crippen LogP contribution is -2.19. The first-order chi connectivity index (χ1) is 8.63. The van der Waals surface area contributed by atoms with Crippen LogP contribution in [0.5, 0.6) is 5.75 Å². The number of hydrogen-bond donors (Lipinski definition) is 2. The van der Waals surface area contributed by atoms with Gasteiger partial charge in [0, 0.05) is 25.0 Å². The molecule has 0 fully saturated rings. The lowest BCUT2D eigenvalue weighted by Gasteiger charge is -2.06. The number of nitrogens with two attached hydrogens (primary N) is 1. The Morgan fingerprint density at radius 1 is 1.56 bits per heavy atom. The van der Waals surface area contributed by atoms with Gasteiger partial charge in [0.15, 0.2) is 6.61 Å². The second-order valence-electron chi connectivity index (χ2n) is 3.81. The van der Waals surface area contributed by atoms with Gasteiger partial charge in [-0.15, -0.1) is 0 Å². The molecule has 0 atom stereocenters. The molecule has 6 heteroatoms. The molecule has 2 rings (SSSR count). The highest BCUT2D eigenvalue weighted by Crippen LogP contribution is 2.14. The molecule has 94 valence electrons. The Morgan fingerprint density at radius 2 is 2.39 bits per heavy atom. The zero-order chi connectivity index (χ0) is 13.0. The number of aromatic nitrogens is 2. The summed E-state index contributed by atoms with van der Waals surface area (Å²) in [5.41, 5.74) is 6.83. The predicted molar refractivity (Wildman–Crippen MR) is 68.2 cm³/mol. The van der Waals surface area contributed by atoms with Gasteiger partial charge in [0.2, 0.25) is 0 Å². The number of rotatable bonds is 4. The summed E-state index contributed by atoms with van der Waals surface area (Å²) < 4.78 is 6.91. The first-order valence-electron chi connectivity index (χ1n) is 5.40. The summed E-state index contributed by atoms with van der Waals surface area (Å²) in [5, 5.41) is 6.61. The topological polar surface area (TPSA) is 82.2 Å². The standard InChI is InChI=1S/C12H14N4O2/c1-16-7-10(6-14-16)15-12(17)8-18-11-4-2-3-9(13)5-11/h2-7H,8,13H2,1H3,(H,15,17). The summed E-state index contributed by atoms with van der Waals surface area (Å²) in [6, 6.07) is 6.93. The summed E-state index contributed by atoms with van der Waals surface area (Å²) in [4.78, 5) is 11.6. The average Bonchev–Trinajstić information content (AvgIpc) is 2.72.